The van der Waals surface area contributed by atoms with Crippen molar-refractivity contribution >= 4 is 11.8 Å². The van der Waals surface area contributed by atoms with Crippen molar-refractivity contribution in [3.63, 3.8) is 0 Å². The van der Waals surface area contributed by atoms with Crippen LogP contribution in [0.25, 0.3) is 0 Å². The van der Waals surface area contributed by atoms with Crippen LogP contribution >= 0.6 is 0 Å². The number of allylic oxidation sites excluding steroid dienone is 1. The summed E-state index contributed by atoms with van der Waals surface area (Å²) >= 11 is 0. The molecule has 27 heavy (non-hydrogen) atoms. The molecular weight excluding hydrogens is 340 g/mol. The average molecular weight is 364 g/mol. The molecule has 0 saturated carbocycles. The lowest BCUT2D eigenvalue weighted by molar-refractivity contribution is -0.140. The first-order chi connectivity index (χ1) is 13.2. The normalized spacial score (nSPS) is 35.2. The summed E-state index contributed by atoms with van der Waals surface area (Å²) in [5, 5.41) is 3.08. The van der Waals surface area contributed by atoms with Crippen molar-refractivity contribution in [1.82, 2.24) is 10.2 Å². The Balaban J connectivity index is 1.65. The summed E-state index contributed by atoms with van der Waals surface area (Å²) in [6, 6.07) is 1.77. The van der Waals surface area contributed by atoms with Gasteiger partial charge in [-0.3, -0.25) is 9.59 Å². The fraction of sp³-hybridized carbons (Fsp3) is 0.545. The lowest BCUT2D eigenvalue weighted by atomic mass is 9.68. The van der Waals surface area contributed by atoms with Crippen LogP contribution in [0.3, 0.4) is 0 Å². The van der Waals surface area contributed by atoms with Crippen molar-refractivity contribution in [2.24, 2.45) is 5.41 Å². The molecule has 1 aliphatic carbocycles. The summed E-state index contributed by atoms with van der Waals surface area (Å²) in [6.07, 6.45) is 14.9. The van der Waals surface area contributed by atoms with E-state index in [1.54, 1.807) is 0 Å². The van der Waals surface area contributed by atoms with Gasteiger partial charge in [0.25, 0.3) is 0 Å². The lowest BCUT2D eigenvalue weighted by Gasteiger charge is -2.38. The van der Waals surface area contributed by atoms with Gasteiger partial charge in [-0.05, 0) is 31.7 Å². The van der Waals surface area contributed by atoms with Crippen molar-refractivity contribution in [3.8, 4) is 12.3 Å². The largest absolute Gasteiger partial charge is 0.463 e. The Labute approximate surface area is 159 Å². The number of nitrogens with one attached hydrogen (secondary N) is 1. The zero-order chi connectivity index (χ0) is 18.6. The van der Waals surface area contributed by atoms with Crippen LogP contribution in [0, 0.1) is 17.8 Å². The number of fused-ring (bicyclic) bond motifs is 5. The Kier molecular flexibility index (Phi) is 3.72. The maximum absolute atomic E-state index is 13.2. The van der Waals surface area contributed by atoms with E-state index in [9.17, 15) is 9.59 Å². The van der Waals surface area contributed by atoms with E-state index < -0.39 is 5.41 Å². The number of aryl methyl sites for hydroxylation is 1. The molecule has 4 heterocycles. The summed E-state index contributed by atoms with van der Waals surface area (Å²) < 4.78 is 6.25. The molecule has 5 rings (SSSR count). The quantitative estimate of drug-likeness (QED) is 0.648. The lowest BCUT2D eigenvalue weighted by Crippen LogP contribution is -2.50. The molecule has 0 aromatic carbocycles. The van der Waals surface area contributed by atoms with E-state index in [0.717, 1.165) is 36.3 Å². The van der Waals surface area contributed by atoms with Crippen LogP contribution < -0.4 is 5.32 Å². The summed E-state index contributed by atoms with van der Waals surface area (Å²) in [4.78, 5) is 28.2. The summed E-state index contributed by atoms with van der Waals surface area (Å²) in [5.41, 5.74) is 0.533. The number of hydrogen-bond acceptors (Lipinski definition) is 3. The van der Waals surface area contributed by atoms with Crippen molar-refractivity contribution in [2.45, 2.75) is 62.9 Å². The van der Waals surface area contributed by atoms with E-state index in [1.807, 2.05) is 4.90 Å². The molecule has 2 saturated heterocycles. The molecule has 5 heteroatoms. The number of terminal acetylenes is 1. The number of nitrogens with zero attached hydrogens (tertiary/aromatic N) is 1. The van der Waals surface area contributed by atoms with E-state index in [-0.39, 0.29) is 29.8 Å². The predicted octanol–water partition coefficient (Wildman–Crippen LogP) is 2.83. The molecule has 0 unspecified atom stereocenters. The third-order valence-corrected chi connectivity index (χ3v) is 6.82. The molecule has 2 amide bonds. The van der Waals surface area contributed by atoms with Crippen LogP contribution in [0.15, 0.2) is 22.6 Å². The first kappa shape index (κ1) is 16.7. The van der Waals surface area contributed by atoms with E-state index in [1.165, 1.54) is 0 Å². The van der Waals surface area contributed by atoms with Gasteiger partial charge in [0.15, 0.2) is 0 Å². The maximum atomic E-state index is 13.2. The van der Waals surface area contributed by atoms with Crippen molar-refractivity contribution in [2.75, 3.05) is 6.54 Å². The first-order valence-electron chi connectivity index (χ1n) is 9.99. The van der Waals surface area contributed by atoms with Gasteiger partial charge in [-0.25, -0.2) is 0 Å². The molecule has 5 nitrogen and oxygen atoms in total. The van der Waals surface area contributed by atoms with Crippen molar-refractivity contribution in [1.29, 1.82) is 0 Å². The highest BCUT2D eigenvalue weighted by Crippen LogP contribution is 2.66. The van der Waals surface area contributed by atoms with E-state index in [0.29, 0.717) is 32.2 Å². The van der Waals surface area contributed by atoms with Crippen molar-refractivity contribution in [3.05, 3.63) is 35.3 Å². The Bertz CT molecular complexity index is 877. The van der Waals surface area contributed by atoms with Crippen LogP contribution in [-0.4, -0.2) is 29.3 Å². The molecule has 0 bridgehead atoms. The van der Waals surface area contributed by atoms with Crippen LogP contribution in [-0.2, 0) is 16.0 Å². The molecular formula is C22H24N2O3. The van der Waals surface area contributed by atoms with Gasteiger partial charge in [0.1, 0.15) is 17.6 Å². The maximum Gasteiger partial charge on any atom is 0.229 e. The molecule has 1 aromatic heterocycles. The van der Waals surface area contributed by atoms with Gasteiger partial charge in [0.05, 0.1) is 11.5 Å². The van der Waals surface area contributed by atoms with Gasteiger partial charge in [0.2, 0.25) is 11.8 Å². The fourth-order valence-electron chi connectivity index (χ4n) is 5.77. The minimum absolute atomic E-state index is 0.0263. The molecule has 3 aliphatic heterocycles. The van der Waals surface area contributed by atoms with Crippen LogP contribution in [0.4, 0.5) is 0 Å². The topological polar surface area (TPSA) is 62.6 Å². The molecule has 4 atom stereocenters. The Morgan fingerprint density at radius 1 is 1.41 bits per heavy atom. The van der Waals surface area contributed by atoms with Crippen molar-refractivity contribution < 1.29 is 14.0 Å². The SMILES string of the molecule is C#CCCc1cc2c(o1)[C@@H]1N3C(=O)CCC/C=C\[C@H]3C[C@@]13C(=O)NCC[C@@H]23. The van der Waals surface area contributed by atoms with Gasteiger partial charge >= 0.3 is 0 Å². The van der Waals surface area contributed by atoms with E-state index in [4.69, 9.17) is 10.8 Å². The molecule has 4 aliphatic rings. The predicted molar refractivity (Wildman–Crippen MR) is 99.6 cm³/mol. The van der Waals surface area contributed by atoms with Crippen LogP contribution in [0.1, 0.15) is 67.6 Å². The standard InChI is InChI=1S/C22H24N2O3/c1-2-3-8-15-12-16-17-10-11-23-21(26)22(17)13-14-7-5-4-6-9-18(25)24(14)20(22)19(16)27-15/h1,5,7,12,14,17,20H,3-4,6,8-11,13H2,(H,23,26)/b7-5-/t14-,17-,20-,22-/m0/s1. The smallest absolute Gasteiger partial charge is 0.229 e. The summed E-state index contributed by atoms with van der Waals surface area (Å²) in [6.45, 7) is 0.677. The molecule has 140 valence electrons. The van der Waals surface area contributed by atoms with Crippen LogP contribution in [0.2, 0.25) is 0 Å². The minimum Gasteiger partial charge on any atom is -0.463 e. The van der Waals surface area contributed by atoms with E-state index in [2.05, 4.69) is 29.5 Å². The monoisotopic (exact) mass is 364 g/mol. The van der Waals surface area contributed by atoms with Gasteiger partial charge in [-0.15, -0.1) is 12.3 Å². The Morgan fingerprint density at radius 3 is 3.15 bits per heavy atom. The highest BCUT2D eigenvalue weighted by Gasteiger charge is 2.68. The summed E-state index contributed by atoms with van der Waals surface area (Å²) in [7, 11) is 0. The molecule has 0 radical (unpaired) electrons. The number of amides is 2. The average Bonchev–Trinajstić information content (AvgIpc) is 3.26. The molecule has 2 fully saturated rings. The van der Waals surface area contributed by atoms with Gasteiger partial charge in [-0.1, -0.05) is 12.2 Å². The second-order valence-corrected chi connectivity index (χ2v) is 8.17. The zero-order valence-electron chi connectivity index (χ0n) is 15.4. The number of furan rings is 1. The number of carbonyl (C=O) groups is 2. The highest BCUT2D eigenvalue weighted by molar-refractivity contribution is 5.90. The fourth-order valence-corrected chi connectivity index (χ4v) is 5.77. The highest BCUT2D eigenvalue weighted by atomic mass is 16.3. The van der Waals surface area contributed by atoms with E-state index >= 15 is 0 Å². The first-order valence-corrected chi connectivity index (χ1v) is 9.99. The van der Waals surface area contributed by atoms with Crippen LogP contribution in [0.5, 0.6) is 0 Å². The third kappa shape index (κ3) is 2.19. The third-order valence-electron chi connectivity index (χ3n) is 6.82. The summed E-state index contributed by atoms with van der Waals surface area (Å²) in [5.74, 6) is 4.69. The minimum atomic E-state index is -0.591. The van der Waals surface area contributed by atoms with Gasteiger partial charge < -0.3 is 14.6 Å². The molecule has 1 spiro atoms. The second kappa shape index (κ2) is 6.02. The Hall–Kier alpha value is -2.48. The number of rotatable bonds is 2. The zero-order valence-corrected chi connectivity index (χ0v) is 15.4. The number of carbonyl (C=O) groups excluding carboxylic acids is 2. The number of hydrogen-bond donors (Lipinski definition) is 1. The van der Waals surface area contributed by atoms with Gasteiger partial charge in [0, 0.05) is 37.3 Å². The van der Waals surface area contributed by atoms with Gasteiger partial charge in [-0.2, -0.15) is 0 Å². The number of piperidine rings is 1. The molecule has 1 aromatic rings. The Morgan fingerprint density at radius 2 is 2.30 bits per heavy atom. The second-order valence-electron chi connectivity index (χ2n) is 8.17. The molecule has 1 N–H and O–H groups in total.